The molecule has 3 N–H and O–H groups in total. The summed E-state index contributed by atoms with van der Waals surface area (Å²) in [5, 5.41) is 29.7. The van der Waals surface area contributed by atoms with E-state index < -0.39 is 18.3 Å². The molecule has 2 rings (SSSR count). The fourth-order valence-electron chi connectivity index (χ4n) is 4.24. The average Bonchev–Trinajstić information content (AvgIpc) is 2.59. The van der Waals surface area contributed by atoms with E-state index >= 15 is 0 Å². The Hall–Kier alpha value is -0.170. The van der Waals surface area contributed by atoms with Crippen molar-refractivity contribution in [2.45, 2.75) is 77.3 Å². The van der Waals surface area contributed by atoms with Gasteiger partial charge in [-0.2, -0.15) is 0 Å². The summed E-state index contributed by atoms with van der Waals surface area (Å²) in [6.45, 7) is 9.48. The number of rotatable bonds is 8. The number of aliphatic hydroxyl groups is 3. The van der Waals surface area contributed by atoms with Gasteiger partial charge in [0.15, 0.2) is 0 Å². The number of aliphatic hydroxyl groups excluding tert-OH is 3. The van der Waals surface area contributed by atoms with Crippen LogP contribution in [-0.4, -0.2) is 45.7 Å². The van der Waals surface area contributed by atoms with Crippen LogP contribution in [0.25, 0.3) is 0 Å². The van der Waals surface area contributed by atoms with Crippen LogP contribution in [0.2, 0.25) is 0 Å². The van der Waals surface area contributed by atoms with E-state index in [0.29, 0.717) is 12.8 Å². The Bertz CT molecular complexity index is 559. The van der Waals surface area contributed by atoms with Crippen LogP contribution >= 0.6 is 0 Å². The van der Waals surface area contributed by atoms with Crippen molar-refractivity contribution < 1.29 is 54.4 Å². The topological polar surface area (TPSA) is 87.0 Å². The number of carbonyl (C=O) groups excluding carboxylic acids is 1. The number of esters is 1. The molecule has 0 heterocycles. The Morgan fingerprint density at radius 3 is 2.68 bits per heavy atom. The maximum Gasteiger partial charge on any atom is 1.00 e. The zero-order valence-electron chi connectivity index (χ0n) is 17.8. The fourth-order valence-corrected chi connectivity index (χ4v) is 4.24. The van der Waals surface area contributed by atoms with Crippen LogP contribution in [-0.2, 0) is 9.53 Å². The summed E-state index contributed by atoms with van der Waals surface area (Å²) in [5.41, 5.74) is 1.02. The van der Waals surface area contributed by atoms with E-state index in [1.54, 1.807) is 0 Å². The molecule has 0 aliphatic heterocycles. The Balaban J connectivity index is 0.00000392. The van der Waals surface area contributed by atoms with Crippen molar-refractivity contribution in [2.24, 2.45) is 23.7 Å². The fraction of sp³-hybridized carbons (Fsp3) is 0.727. The molecule has 0 radical (unpaired) electrons. The monoisotopic (exact) mass is 402 g/mol. The first kappa shape index (κ1) is 25.9. The van der Waals surface area contributed by atoms with Crippen molar-refractivity contribution in [2.75, 3.05) is 0 Å². The molecule has 0 aromatic rings. The van der Waals surface area contributed by atoms with Gasteiger partial charge < -0.3 is 27.0 Å². The molecule has 5 nitrogen and oxygen atoms in total. The summed E-state index contributed by atoms with van der Waals surface area (Å²) in [6, 6.07) is 0. The standard InChI is InChI=1S/C22H35O5.Na/c1-5-13(2)22(26)27-20-12-18(25)11-16-7-6-14(3)19(21(16)20)9-8-17(24)10-15(4)23;/h6-7,11,13-15,17-21,23-25H,4-5,8-10,12H2,1-3H3;/q-1;+1/t13-,14-,15?,17?,18+,19-,20?,21-;/m0./s1. The van der Waals surface area contributed by atoms with Crippen LogP contribution in [0.4, 0.5) is 0 Å². The van der Waals surface area contributed by atoms with Crippen molar-refractivity contribution in [3.63, 3.8) is 0 Å². The molecule has 0 amide bonds. The van der Waals surface area contributed by atoms with Crippen molar-refractivity contribution in [3.8, 4) is 0 Å². The summed E-state index contributed by atoms with van der Waals surface area (Å²) >= 11 is 0. The van der Waals surface area contributed by atoms with E-state index in [1.165, 1.54) is 0 Å². The summed E-state index contributed by atoms with van der Waals surface area (Å²) in [4.78, 5) is 12.4. The van der Waals surface area contributed by atoms with Crippen molar-refractivity contribution in [1.29, 1.82) is 0 Å². The molecular formula is C22H35NaO5. The predicted molar refractivity (Wildman–Crippen MR) is 105 cm³/mol. The third-order valence-corrected chi connectivity index (χ3v) is 6.03. The Morgan fingerprint density at radius 2 is 2.07 bits per heavy atom. The molecular weight excluding hydrogens is 367 g/mol. The van der Waals surface area contributed by atoms with Crippen molar-refractivity contribution in [3.05, 3.63) is 30.7 Å². The third-order valence-electron chi connectivity index (χ3n) is 6.03. The summed E-state index contributed by atoms with van der Waals surface area (Å²) in [6.07, 6.45) is 6.41. The quantitative estimate of drug-likeness (QED) is 0.298. The molecule has 2 aliphatic carbocycles. The van der Waals surface area contributed by atoms with Gasteiger partial charge in [0, 0.05) is 12.3 Å². The van der Waals surface area contributed by atoms with E-state index in [2.05, 4.69) is 19.9 Å². The molecule has 6 heteroatoms. The van der Waals surface area contributed by atoms with Gasteiger partial charge in [0.05, 0.1) is 18.1 Å². The maximum atomic E-state index is 12.4. The first-order valence-corrected chi connectivity index (χ1v) is 10.2. The van der Waals surface area contributed by atoms with E-state index in [-0.39, 0.29) is 71.7 Å². The molecule has 3 unspecified atom stereocenters. The second-order valence-corrected chi connectivity index (χ2v) is 8.28. The van der Waals surface area contributed by atoms with Crippen LogP contribution in [0, 0.1) is 30.6 Å². The van der Waals surface area contributed by atoms with Gasteiger partial charge >= 0.3 is 35.5 Å². The minimum atomic E-state index is -0.770. The molecule has 0 fully saturated rings. The van der Waals surface area contributed by atoms with Crippen molar-refractivity contribution >= 4 is 5.97 Å². The molecule has 0 bridgehead atoms. The zero-order valence-corrected chi connectivity index (χ0v) is 19.8. The summed E-state index contributed by atoms with van der Waals surface area (Å²) in [7, 11) is 0. The number of carbonyl (C=O) groups is 1. The second kappa shape index (κ2) is 11.9. The second-order valence-electron chi connectivity index (χ2n) is 8.28. The summed E-state index contributed by atoms with van der Waals surface area (Å²) in [5.74, 6) is 0.145. The molecule has 28 heavy (non-hydrogen) atoms. The number of fused-ring (bicyclic) bond motifs is 1. The molecule has 0 spiro atoms. The SMILES string of the molecule is [CH2-]C(O)CC(O)CC[C@@H]1[C@@H]2C(=C[C@@H](O)CC2OC(=O)[C@@H](C)CC)C=C[C@@H]1C.[Na+]. The Labute approximate surface area is 191 Å². The van der Waals surface area contributed by atoms with Crippen molar-refractivity contribution in [1.82, 2.24) is 0 Å². The van der Waals surface area contributed by atoms with E-state index in [4.69, 9.17) is 4.74 Å². The molecule has 0 saturated heterocycles. The molecule has 8 atom stereocenters. The van der Waals surface area contributed by atoms with Crippen LogP contribution in [0.15, 0.2) is 23.8 Å². The molecule has 0 aromatic heterocycles. The predicted octanol–water partition coefficient (Wildman–Crippen LogP) is -0.196. The van der Waals surface area contributed by atoms with Gasteiger partial charge in [-0.15, -0.1) is 0 Å². The first-order valence-electron chi connectivity index (χ1n) is 10.2. The van der Waals surface area contributed by atoms with Crippen LogP contribution in [0.1, 0.15) is 52.9 Å². The largest absolute Gasteiger partial charge is 1.00 e. The minimum Gasteiger partial charge on any atom is -0.461 e. The third kappa shape index (κ3) is 6.96. The molecule has 2 aliphatic rings. The van der Waals surface area contributed by atoms with Crippen LogP contribution in [0.5, 0.6) is 0 Å². The number of ether oxygens (including phenoxy) is 1. The van der Waals surface area contributed by atoms with E-state index in [9.17, 15) is 20.1 Å². The van der Waals surface area contributed by atoms with Gasteiger partial charge in [-0.1, -0.05) is 45.1 Å². The van der Waals surface area contributed by atoms with Gasteiger partial charge in [-0.05, 0) is 43.1 Å². The van der Waals surface area contributed by atoms with E-state index in [0.717, 1.165) is 18.4 Å². The van der Waals surface area contributed by atoms with Crippen LogP contribution < -0.4 is 29.6 Å². The number of allylic oxidation sites excluding steroid dienone is 2. The summed E-state index contributed by atoms with van der Waals surface area (Å²) < 4.78 is 5.85. The number of hydrogen-bond donors (Lipinski definition) is 3. The zero-order chi connectivity index (χ0) is 20.1. The Kier molecular flexibility index (Phi) is 11.0. The van der Waals surface area contributed by atoms with Gasteiger partial charge in [-0.25, -0.2) is 0 Å². The van der Waals surface area contributed by atoms with Crippen LogP contribution in [0.3, 0.4) is 0 Å². The number of hydrogen-bond acceptors (Lipinski definition) is 5. The smallest absolute Gasteiger partial charge is 0.461 e. The molecule has 0 saturated carbocycles. The molecule has 0 aromatic carbocycles. The van der Waals surface area contributed by atoms with Gasteiger partial charge in [0.1, 0.15) is 6.10 Å². The van der Waals surface area contributed by atoms with Gasteiger partial charge in [0.2, 0.25) is 0 Å². The average molecular weight is 403 g/mol. The molecule has 154 valence electrons. The normalized spacial score (nSPS) is 32.4. The minimum absolute atomic E-state index is 0. The van der Waals surface area contributed by atoms with Gasteiger partial charge in [0.25, 0.3) is 0 Å². The van der Waals surface area contributed by atoms with Gasteiger partial charge in [-0.3, -0.25) is 4.79 Å². The Morgan fingerprint density at radius 1 is 1.39 bits per heavy atom. The first-order chi connectivity index (χ1) is 12.7. The van der Waals surface area contributed by atoms with E-state index in [1.807, 2.05) is 26.0 Å². The maximum absolute atomic E-state index is 12.4.